The van der Waals surface area contributed by atoms with Crippen molar-refractivity contribution in [1.82, 2.24) is 0 Å². The van der Waals surface area contributed by atoms with Crippen molar-refractivity contribution < 1.29 is 14.9 Å². The monoisotopic (exact) mass is 146 g/mol. The highest BCUT2D eigenvalue weighted by Crippen LogP contribution is 2.13. The van der Waals surface area contributed by atoms with E-state index in [0.717, 1.165) is 6.42 Å². The van der Waals surface area contributed by atoms with Crippen LogP contribution in [0.4, 0.5) is 0 Å². The molecule has 2 unspecified atom stereocenters. The number of hydrogen-bond acceptors (Lipinski definition) is 3. The van der Waals surface area contributed by atoms with Gasteiger partial charge in [0, 0.05) is 6.61 Å². The first-order valence-electron chi connectivity index (χ1n) is 3.69. The second kappa shape index (κ2) is 3.32. The molecule has 3 heteroatoms. The molecule has 0 radical (unpaired) electrons. The van der Waals surface area contributed by atoms with Crippen LogP contribution < -0.4 is 0 Å². The lowest BCUT2D eigenvalue weighted by atomic mass is 10.1. The summed E-state index contributed by atoms with van der Waals surface area (Å²) in [5, 5.41) is 18.4. The number of hydrogen-bond donors (Lipinski definition) is 2. The summed E-state index contributed by atoms with van der Waals surface area (Å²) in [4.78, 5) is 0. The molecule has 1 saturated heterocycles. The minimum absolute atomic E-state index is 0.225. The van der Waals surface area contributed by atoms with Gasteiger partial charge in [0.15, 0.2) is 0 Å². The molecule has 1 heterocycles. The van der Waals surface area contributed by atoms with Gasteiger partial charge in [-0.15, -0.1) is 0 Å². The first-order chi connectivity index (χ1) is 4.72. The van der Waals surface area contributed by atoms with Gasteiger partial charge >= 0.3 is 0 Å². The summed E-state index contributed by atoms with van der Waals surface area (Å²) >= 11 is 0. The molecule has 0 aromatic rings. The minimum Gasteiger partial charge on any atom is -0.390 e. The zero-order valence-electron chi connectivity index (χ0n) is 6.16. The summed E-state index contributed by atoms with van der Waals surface area (Å²) in [5.41, 5.74) is 0. The molecule has 1 rings (SSSR count). The van der Waals surface area contributed by atoms with Crippen LogP contribution in [0.5, 0.6) is 0 Å². The van der Waals surface area contributed by atoms with Gasteiger partial charge in [0.25, 0.3) is 0 Å². The Hall–Kier alpha value is -0.120. The molecule has 3 atom stereocenters. The maximum Gasteiger partial charge on any atom is 0.106 e. The van der Waals surface area contributed by atoms with E-state index in [1.807, 2.05) is 0 Å². The highest BCUT2D eigenvalue weighted by atomic mass is 16.5. The zero-order chi connectivity index (χ0) is 7.56. The molecule has 3 nitrogen and oxygen atoms in total. The third kappa shape index (κ3) is 1.68. The van der Waals surface area contributed by atoms with E-state index in [1.165, 1.54) is 0 Å². The van der Waals surface area contributed by atoms with Crippen LogP contribution in [0, 0.1) is 0 Å². The third-order valence-corrected chi connectivity index (χ3v) is 1.90. The highest BCUT2D eigenvalue weighted by molar-refractivity contribution is 4.75. The number of aliphatic hydroxyl groups excluding tert-OH is 2. The largest absolute Gasteiger partial charge is 0.390 e. The third-order valence-electron chi connectivity index (χ3n) is 1.90. The molecule has 1 aliphatic rings. The molecule has 0 amide bonds. The summed E-state index contributed by atoms with van der Waals surface area (Å²) in [6, 6.07) is 0. The van der Waals surface area contributed by atoms with Crippen molar-refractivity contribution in [3.05, 3.63) is 0 Å². The van der Waals surface area contributed by atoms with Crippen molar-refractivity contribution >= 4 is 0 Å². The Kier molecular flexibility index (Phi) is 2.65. The van der Waals surface area contributed by atoms with Gasteiger partial charge in [0.2, 0.25) is 0 Å². The Morgan fingerprint density at radius 3 is 2.80 bits per heavy atom. The van der Waals surface area contributed by atoms with Crippen LogP contribution in [0.25, 0.3) is 0 Å². The van der Waals surface area contributed by atoms with Crippen molar-refractivity contribution in [2.24, 2.45) is 0 Å². The minimum atomic E-state index is -0.706. The quantitative estimate of drug-likeness (QED) is 0.502. The van der Waals surface area contributed by atoms with E-state index in [0.29, 0.717) is 13.0 Å². The molecule has 0 aromatic heterocycles. The van der Waals surface area contributed by atoms with Crippen LogP contribution in [0.1, 0.15) is 19.8 Å². The van der Waals surface area contributed by atoms with Gasteiger partial charge in [-0.3, -0.25) is 0 Å². The van der Waals surface area contributed by atoms with Crippen LogP contribution in [-0.2, 0) is 4.74 Å². The van der Waals surface area contributed by atoms with Crippen LogP contribution in [0.15, 0.2) is 0 Å². The van der Waals surface area contributed by atoms with E-state index in [-0.39, 0.29) is 6.10 Å². The van der Waals surface area contributed by atoms with Crippen molar-refractivity contribution in [2.75, 3.05) is 6.61 Å². The van der Waals surface area contributed by atoms with E-state index < -0.39 is 12.2 Å². The van der Waals surface area contributed by atoms with Gasteiger partial charge in [0.05, 0.1) is 12.2 Å². The van der Waals surface area contributed by atoms with Crippen molar-refractivity contribution in [1.29, 1.82) is 0 Å². The van der Waals surface area contributed by atoms with E-state index in [9.17, 15) is 10.2 Å². The van der Waals surface area contributed by atoms with E-state index in [4.69, 9.17) is 4.74 Å². The fourth-order valence-corrected chi connectivity index (χ4v) is 1.14. The molecule has 60 valence electrons. The maximum absolute atomic E-state index is 9.25. The van der Waals surface area contributed by atoms with Crippen LogP contribution in [0.2, 0.25) is 0 Å². The average molecular weight is 146 g/mol. The normalized spacial score (nSPS) is 42.9. The first kappa shape index (κ1) is 7.98. The lowest BCUT2D eigenvalue weighted by Crippen LogP contribution is -2.34. The summed E-state index contributed by atoms with van der Waals surface area (Å²) in [6.07, 6.45) is -0.0499. The lowest BCUT2D eigenvalue weighted by Gasteiger charge is -2.19. The second-order valence-electron chi connectivity index (χ2n) is 2.78. The molecule has 1 fully saturated rings. The Balaban J connectivity index is 2.46. The van der Waals surface area contributed by atoms with E-state index >= 15 is 0 Å². The Bertz CT molecular complexity index is 93.0. The number of aliphatic hydroxyl groups is 2. The molecule has 0 spiro atoms. The van der Waals surface area contributed by atoms with E-state index in [1.54, 1.807) is 6.92 Å². The summed E-state index contributed by atoms with van der Waals surface area (Å²) in [5.74, 6) is 0. The Morgan fingerprint density at radius 2 is 2.10 bits per heavy atom. The molecule has 2 N–H and O–H groups in total. The first-order valence-corrected chi connectivity index (χ1v) is 3.69. The fraction of sp³-hybridized carbons (Fsp3) is 1.00. The molecule has 0 aromatic carbocycles. The Labute approximate surface area is 60.6 Å². The SMILES string of the molecule is C[C@@H]1OCCCC(O)C1O. The molecular formula is C7H14O3. The van der Waals surface area contributed by atoms with Gasteiger partial charge in [-0.1, -0.05) is 0 Å². The van der Waals surface area contributed by atoms with Crippen LogP contribution in [-0.4, -0.2) is 35.1 Å². The predicted octanol–water partition coefficient (Wildman–Crippen LogP) is -0.0929. The number of rotatable bonds is 0. The highest BCUT2D eigenvalue weighted by Gasteiger charge is 2.25. The fourth-order valence-electron chi connectivity index (χ4n) is 1.14. The van der Waals surface area contributed by atoms with Gasteiger partial charge < -0.3 is 14.9 Å². The predicted molar refractivity (Wildman–Crippen MR) is 36.7 cm³/mol. The smallest absolute Gasteiger partial charge is 0.106 e. The number of ether oxygens (including phenoxy) is 1. The van der Waals surface area contributed by atoms with Crippen LogP contribution >= 0.6 is 0 Å². The molecular weight excluding hydrogens is 132 g/mol. The van der Waals surface area contributed by atoms with Crippen molar-refractivity contribution in [3.63, 3.8) is 0 Å². The van der Waals surface area contributed by atoms with Gasteiger partial charge in [0.1, 0.15) is 6.10 Å². The molecule has 1 aliphatic heterocycles. The van der Waals surface area contributed by atoms with Crippen LogP contribution in [0.3, 0.4) is 0 Å². The maximum atomic E-state index is 9.25. The summed E-state index contributed by atoms with van der Waals surface area (Å²) in [7, 11) is 0. The molecule has 0 saturated carbocycles. The van der Waals surface area contributed by atoms with Crippen molar-refractivity contribution in [2.45, 2.75) is 38.1 Å². The summed E-state index contributed by atoms with van der Waals surface area (Å²) < 4.78 is 5.18. The standard InChI is InChI=1S/C7H14O3/c1-5-7(9)6(8)3-2-4-10-5/h5-9H,2-4H2,1H3/t5-,6?,7?/m0/s1. The molecule has 10 heavy (non-hydrogen) atoms. The van der Waals surface area contributed by atoms with E-state index in [2.05, 4.69) is 0 Å². The second-order valence-corrected chi connectivity index (χ2v) is 2.78. The van der Waals surface area contributed by atoms with Gasteiger partial charge in [-0.05, 0) is 19.8 Å². The lowest BCUT2D eigenvalue weighted by molar-refractivity contribution is -0.0617. The topological polar surface area (TPSA) is 49.7 Å². The average Bonchev–Trinajstić information content (AvgIpc) is 2.04. The molecule has 0 bridgehead atoms. The Morgan fingerprint density at radius 1 is 1.40 bits per heavy atom. The summed E-state index contributed by atoms with van der Waals surface area (Å²) in [6.45, 7) is 2.43. The zero-order valence-corrected chi connectivity index (χ0v) is 6.16. The van der Waals surface area contributed by atoms with Gasteiger partial charge in [-0.25, -0.2) is 0 Å². The van der Waals surface area contributed by atoms with Crippen molar-refractivity contribution in [3.8, 4) is 0 Å². The molecule has 0 aliphatic carbocycles. The van der Waals surface area contributed by atoms with Gasteiger partial charge in [-0.2, -0.15) is 0 Å².